The zero-order chi connectivity index (χ0) is 22.4. The topological polar surface area (TPSA) is 83.6 Å². The van der Waals surface area contributed by atoms with Gasteiger partial charge in [0.25, 0.3) is 5.56 Å². The number of halogens is 1. The van der Waals surface area contributed by atoms with Crippen molar-refractivity contribution in [3.8, 4) is 0 Å². The van der Waals surface area contributed by atoms with Gasteiger partial charge < -0.3 is 9.47 Å². The Balaban J connectivity index is 1.26. The Bertz CT molecular complexity index is 1390. The summed E-state index contributed by atoms with van der Waals surface area (Å²) in [4.78, 5) is 35.9. The summed E-state index contributed by atoms with van der Waals surface area (Å²) in [6, 6.07) is 6.68. The molecule has 1 aliphatic heterocycles. The van der Waals surface area contributed by atoms with E-state index in [1.807, 2.05) is 25.3 Å². The molecular formula is C22H26FN7O2. The number of imidazole rings is 2. The second-order valence-corrected chi connectivity index (χ2v) is 8.35. The second kappa shape index (κ2) is 7.94. The maximum absolute atomic E-state index is 13.1. The van der Waals surface area contributed by atoms with Crippen LogP contribution in [-0.2, 0) is 13.6 Å². The number of H-pyrrole nitrogens is 1. The first-order chi connectivity index (χ1) is 15.4. The molecule has 5 rings (SSSR count). The SMILES string of the molecule is Cc1cn2c3c(=O)[nH]c(=O)n(C)c3nc2n1CCCN1CCN(c2ccc(F)cc2)CC1. The van der Waals surface area contributed by atoms with Crippen molar-refractivity contribution in [3.63, 3.8) is 0 Å². The van der Waals surface area contributed by atoms with Crippen LogP contribution in [0.15, 0.2) is 40.1 Å². The summed E-state index contributed by atoms with van der Waals surface area (Å²) in [7, 11) is 1.61. The summed E-state index contributed by atoms with van der Waals surface area (Å²) in [6.07, 6.45) is 2.84. The molecule has 0 aliphatic carbocycles. The predicted octanol–water partition coefficient (Wildman–Crippen LogP) is 1.34. The maximum atomic E-state index is 13.1. The molecule has 1 N–H and O–H groups in total. The molecule has 1 fully saturated rings. The van der Waals surface area contributed by atoms with Crippen LogP contribution in [0, 0.1) is 12.7 Å². The van der Waals surface area contributed by atoms with Crippen molar-refractivity contribution < 1.29 is 4.39 Å². The van der Waals surface area contributed by atoms with Gasteiger partial charge in [-0.2, -0.15) is 4.98 Å². The highest BCUT2D eigenvalue weighted by atomic mass is 19.1. The van der Waals surface area contributed by atoms with Crippen LogP contribution >= 0.6 is 0 Å². The minimum absolute atomic E-state index is 0.209. The van der Waals surface area contributed by atoms with Crippen LogP contribution in [0.1, 0.15) is 12.1 Å². The summed E-state index contributed by atoms with van der Waals surface area (Å²) in [5.74, 6) is 0.462. The zero-order valence-electron chi connectivity index (χ0n) is 18.2. The largest absolute Gasteiger partial charge is 0.369 e. The summed E-state index contributed by atoms with van der Waals surface area (Å²) in [5.41, 5.74) is 1.97. The van der Waals surface area contributed by atoms with Gasteiger partial charge in [0.05, 0.1) is 0 Å². The highest BCUT2D eigenvalue weighted by molar-refractivity contribution is 5.75. The van der Waals surface area contributed by atoms with Crippen LogP contribution in [0.25, 0.3) is 16.9 Å². The zero-order valence-corrected chi connectivity index (χ0v) is 18.2. The molecule has 0 amide bonds. The number of rotatable bonds is 5. The van der Waals surface area contributed by atoms with E-state index >= 15 is 0 Å². The van der Waals surface area contributed by atoms with Crippen LogP contribution in [0.3, 0.4) is 0 Å². The molecule has 0 bridgehead atoms. The standard InChI is InChI=1S/C22H26FN7O2/c1-15-14-30-18-19(26(2)22(32)25-20(18)31)24-21(30)29(15)9-3-8-27-10-12-28(13-11-27)17-6-4-16(23)5-7-17/h4-7,14H,3,8-13H2,1-2H3,(H,25,31,32). The van der Waals surface area contributed by atoms with Crippen molar-refractivity contribution in [1.29, 1.82) is 0 Å². The maximum Gasteiger partial charge on any atom is 0.329 e. The predicted molar refractivity (Wildman–Crippen MR) is 121 cm³/mol. The Labute approximate surface area is 183 Å². The molecule has 1 aromatic carbocycles. The highest BCUT2D eigenvalue weighted by Gasteiger charge is 2.19. The number of piperazine rings is 1. The fourth-order valence-electron chi connectivity index (χ4n) is 4.53. The van der Waals surface area contributed by atoms with Gasteiger partial charge in [0.2, 0.25) is 5.78 Å². The minimum atomic E-state index is -0.466. The number of aromatic amines is 1. The molecular weight excluding hydrogens is 413 g/mol. The molecule has 32 heavy (non-hydrogen) atoms. The van der Waals surface area contributed by atoms with Gasteiger partial charge >= 0.3 is 5.69 Å². The highest BCUT2D eigenvalue weighted by Crippen LogP contribution is 2.18. The Morgan fingerprint density at radius 1 is 1.06 bits per heavy atom. The van der Waals surface area contributed by atoms with Gasteiger partial charge in [0.15, 0.2) is 11.2 Å². The third kappa shape index (κ3) is 3.50. The molecule has 168 valence electrons. The van der Waals surface area contributed by atoms with E-state index in [1.165, 1.54) is 16.7 Å². The van der Waals surface area contributed by atoms with Crippen LogP contribution in [0.2, 0.25) is 0 Å². The first-order valence-corrected chi connectivity index (χ1v) is 10.8. The smallest absolute Gasteiger partial charge is 0.329 e. The van der Waals surface area contributed by atoms with Crippen molar-refractivity contribution in [2.45, 2.75) is 19.9 Å². The number of nitrogens with one attached hydrogen (secondary N) is 1. The Morgan fingerprint density at radius 2 is 1.78 bits per heavy atom. The van der Waals surface area contributed by atoms with E-state index in [0.29, 0.717) is 16.9 Å². The Morgan fingerprint density at radius 3 is 2.50 bits per heavy atom. The van der Waals surface area contributed by atoms with E-state index < -0.39 is 11.2 Å². The molecule has 1 saturated heterocycles. The minimum Gasteiger partial charge on any atom is -0.369 e. The number of aryl methyl sites for hydroxylation is 3. The molecule has 0 atom stereocenters. The third-order valence-electron chi connectivity index (χ3n) is 6.34. The first kappa shape index (κ1) is 20.5. The van der Waals surface area contributed by atoms with E-state index in [9.17, 15) is 14.0 Å². The van der Waals surface area contributed by atoms with Crippen LogP contribution < -0.4 is 16.1 Å². The molecule has 0 unspecified atom stereocenters. The lowest BCUT2D eigenvalue weighted by molar-refractivity contribution is 0.250. The number of hydrogen-bond acceptors (Lipinski definition) is 5. The van der Waals surface area contributed by atoms with E-state index in [1.54, 1.807) is 11.4 Å². The number of aromatic nitrogens is 5. The average molecular weight is 439 g/mol. The van der Waals surface area contributed by atoms with E-state index in [4.69, 9.17) is 0 Å². The second-order valence-electron chi connectivity index (χ2n) is 8.35. The van der Waals surface area contributed by atoms with Crippen molar-refractivity contribution >= 4 is 22.6 Å². The Hall–Kier alpha value is -3.40. The number of fused-ring (bicyclic) bond motifs is 3. The molecule has 0 radical (unpaired) electrons. The fourth-order valence-corrected chi connectivity index (χ4v) is 4.53. The van der Waals surface area contributed by atoms with Gasteiger partial charge in [0.1, 0.15) is 5.82 Å². The molecule has 3 aromatic heterocycles. The van der Waals surface area contributed by atoms with Gasteiger partial charge in [-0.3, -0.25) is 23.6 Å². The van der Waals surface area contributed by atoms with Gasteiger partial charge in [-0.05, 0) is 44.2 Å². The molecule has 0 spiro atoms. The third-order valence-corrected chi connectivity index (χ3v) is 6.34. The summed E-state index contributed by atoms with van der Waals surface area (Å²) in [6.45, 7) is 7.49. The monoisotopic (exact) mass is 439 g/mol. The van der Waals surface area contributed by atoms with Crippen LogP contribution in [-0.4, -0.2) is 61.1 Å². The van der Waals surface area contributed by atoms with Crippen molar-refractivity contribution in [1.82, 2.24) is 28.4 Å². The lowest BCUT2D eigenvalue weighted by Crippen LogP contribution is -2.46. The molecule has 9 nitrogen and oxygen atoms in total. The average Bonchev–Trinajstić information content (AvgIpc) is 3.29. The number of hydrogen-bond donors (Lipinski definition) is 1. The summed E-state index contributed by atoms with van der Waals surface area (Å²) < 4.78 is 18.4. The number of nitrogens with zero attached hydrogens (tertiary/aromatic N) is 6. The van der Waals surface area contributed by atoms with E-state index in [2.05, 4.69) is 24.3 Å². The summed E-state index contributed by atoms with van der Waals surface area (Å²) in [5, 5.41) is 0. The molecule has 0 saturated carbocycles. The Kier molecular flexibility index (Phi) is 5.09. The molecule has 1 aliphatic rings. The van der Waals surface area contributed by atoms with E-state index in [0.717, 1.165) is 57.1 Å². The lowest BCUT2D eigenvalue weighted by atomic mass is 10.2. The quantitative estimate of drug-likeness (QED) is 0.507. The normalized spacial score (nSPS) is 15.3. The van der Waals surface area contributed by atoms with Gasteiger partial charge in [-0.1, -0.05) is 0 Å². The van der Waals surface area contributed by atoms with Gasteiger partial charge in [0, 0.05) is 57.3 Å². The molecule has 4 heterocycles. The van der Waals surface area contributed by atoms with Crippen molar-refractivity contribution in [2.24, 2.45) is 7.05 Å². The summed E-state index contributed by atoms with van der Waals surface area (Å²) >= 11 is 0. The van der Waals surface area contributed by atoms with Crippen molar-refractivity contribution in [2.75, 3.05) is 37.6 Å². The number of anilines is 1. The van der Waals surface area contributed by atoms with Gasteiger partial charge in [-0.25, -0.2) is 9.18 Å². The van der Waals surface area contributed by atoms with E-state index in [-0.39, 0.29) is 5.82 Å². The molecule has 10 heteroatoms. The van der Waals surface area contributed by atoms with Gasteiger partial charge in [-0.15, -0.1) is 0 Å². The first-order valence-electron chi connectivity index (χ1n) is 10.8. The van der Waals surface area contributed by atoms with Crippen LogP contribution in [0.4, 0.5) is 10.1 Å². The van der Waals surface area contributed by atoms with Crippen molar-refractivity contribution in [3.05, 3.63) is 62.8 Å². The fraction of sp³-hybridized carbons (Fsp3) is 0.409. The lowest BCUT2D eigenvalue weighted by Gasteiger charge is -2.36. The molecule has 4 aromatic rings. The number of benzene rings is 1. The van der Waals surface area contributed by atoms with Crippen LogP contribution in [0.5, 0.6) is 0 Å².